The minimum absolute atomic E-state index is 0.0811. The highest BCUT2D eigenvalue weighted by molar-refractivity contribution is 5.96. The number of carboxylic acid groups (broad SMARTS) is 1. The number of fused-ring (bicyclic) bond motifs is 2. The molecule has 1 aliphatic heterocycles. The van der Waals surface area contributed by atoms with Crippen LogP contribution in [0.25, 0.3) is 21.9 Å². The van der Waals surface area contributed by atoms with Gasteiger partial charge < -0.3 is 23.6 Å². The summed E-state index contributed by atoms with van der Waals surface area (Å²) >= 11 is 0. The van der Waals surface area contributed by atoms with E-state index in [1.165, 1.54) is 0 Å². The molecular formula is C23H24NO6-. The van der Waals surface area contributed by atoms with E-state index >= 15 is 0 Å². The van der Waals surface area contributed by atoms with Gasteiger partial charge in [0.15, 0.2) is 0 Å². The first-order valence-electron chi connectivity index (χ1n) is 10.2. The Balaban J connectivity index is 1.56. The largest absolute Gasteiger partial charge is 0.550 e. The first kappa shape index (κ1) is 20.2. The standard InChI is InChI=1S/C23H25NO6/c1-12-14(3)29-19-11-20-18(10-17(12)19)13(2)16(23(28)30-20)4-5-21(25)24-8-6-15(7-9-24)22(26)27/h10-11,15H,4-9H2,1-3H3,(H,26,27)/p-1. The molecule has 158 valence electrons. The zero-order valence-electron chi connectivity index (χ0n) is 17.4. The molecule has 30 heavy (non-hydrogen) atoms. The maximum atomic E-state index is 12.6. The number of rotatable bonds is 4. The number of hydrogen-bond donors (Lipinski definition) is 0. The molecule has 0 atom stereocenters. The zero-order valence-corrected chi connectivity index (χ0v) is 17.4. The lowest BCUT2D eigenvalue weighted by atomic mass is 9.96. The first-order chi connectivity index (χ1) is 14.3. The molecule has 3 heterocycles. The number of aliphatic carboxylic acids is 1. The number of piperidine rings is 1. The molecule has 1 amide bonds. The van der Waals surface area contributed by atoms with Gasteiger partial charge in [-0.05, 0) is 57.2 Å². The van der Waals surface area contributed by atoms with Gasteiger partial charge in [-0.1, -0.05) is 0 Å². The number of likely N-dealkylation sites (tertiary alicyclic amines) is 1. The molecule has 7 nitrogen and oxygen atoms in total. The smallest absolute Gasteiger partial charge is 0.339 e. The van der Waals surface area contributed by atoms with Gasteiger partial charge in [-0.3, -0.25) is 4.79 Å². The van der Waals surface area contributed by atoms with E-state index in [0.717, 1.165) is 27.7 Å². The van der Waals surface area contributed by atoms with Crippen LogP contribution in [0.5, 0.6) is 0 Å². The Hall–Kier alpha value is -3.09. The minimum atomic E-state index is -1.05. The van der Waals surface area contributed by atoms with Crippen LogP contribution >= 0.6 is 0 Å². The molecule has 0 radical (unpaired) electrons. The Kier molecular flexibility index (Phi) is 5.13. The Morgan fingerprint density at radius 3 is 2.33 bits per heavy atom. The van der Waals surface area contributed by atoms with E-state index in [-0.39, 0.29) is 18.7 Å². The fourth-order valence-electron chi connectivity index (χ4n) is 4.27. The molecule has 0 bridgehead atoms. The lowest BCUT2D eigenvalue weighted by Crippen LogP contribution is -2.43. The predicted molar refractivity (Wildman–Crippen MR) is 109 cm³/mol. The van der Waals surface area contributed by atoms with Gasteiger partial charge in [-0.25, -0.2) is 4.79 Å². The molecule has 0 aliphatic carbocycles. The van der Waals surface area contributed by atoms with E-state index in [1.807, 2.05) is 26.8 Å². The third-order valence-electron chi connectivity index (χ3n) is 6.35. The maximum absolute atomic E-state index is 12.6. The van der Waals surface area contributed by atoms with Crippen molar-refractivity contribution in [2.45, 2.75) is 46.5 Å². The zero-order chi connectivity index (χ0) is 21.6. The first-order valence-corrected chi connectivity index (χ1v) is 10.2. The molecule has 4 rings (SSSR count). The molecule has 0 unspecified atom stereocenters. The van der Waals surface area contributed by atoms with Gasteiger partial charge in [0.05, 0.1) is 0 Å². The number of carbonyl (C=O) groups is 2. The average molecular weight is 410 g/mol. The second kappa shape index (κ2) is 7.63. The number of carboxylic acids is 1. The molecule has 3 aromatic rings. The fourth-order valence-corrected chi connectivity index (χ4v) is 4.27. The molecule has 7 heteroatoms. The van der Waals surface area contributed by atoms with Crippen LogP contribution in [-0.4, -0.2) is 29.9 Å². The lowest BCUT2D eigenvalue weighted by molar-refractivity contribution is -0.312. The highest BCUT2D eigenvalue weighted by Crippen LogP contribution is 2.31. The number of nitrogens with zero attached hydrogens (tertiary/aromatic N) is 1. The van der Waals surface area contributed by atoms with E-state index in [4.69, 9.17) is 8.83 Å². The van der Waals surface area contributed by atoms with Gasteiger partial charge in [0.2, 0.25) is 5.91 Å². The van der Waals surface area contributed by atoms with Crippen molar-refractivity contribution in [1.82, 2.24) is 4.90 Å². The van der Waals surface area contributed by atoms with Crippen molar-refractivity contribution in [3.63, 3.8) is 0 Å². The second-order valence-electron chi connectivity index (χ2n) is 8.09. The molecule has 1 saturated heterocycles. The van der Waals surface area contributed by atoms with Crippen LogP contribution in [0.1, 0.15) is 41.7 Å². The number of carbonyl (C=O) groups excluding carboxylic acids is 2. The van der Waals surface area contributed by atoms with Gasteiger partial charge in [-0.2, -0.15) is 0 Å². The highest BCUT2D eigenvalue weighted by Gasteiger charge is 2.24. The van der Waals surface area contributed by atoms with Crippen LogP contribution in [0.2, 0.25) is 0 Å². The summed E-state index contributed by atoms with van der Waals surface area (Å²) in [6.07, 6.45) is 1.28. The number of hydrogen-bond acceptors (Lipinski definition) is 6. The summed E-state index contributed by atoms with van der Waals surface area (Å²) in [5.41, 5.74) is 3.07. The summed E-state index contributed by atoms with van der Waals surface area (Å²) in [6.45, 7) is 6.57. The van der Waals surface area contributed by atoms with Crippen molar-refractivity contribution < 1.29 is 23.5 Å². The summed E-state index contributed by atoms with van der Waals surface area (Å²) in [5, 5.41) is 12.8. The van der Waals surface area contributed by atoms with Gasteiger partial charge in [0.1, 0.15) is 16.9 Å². The number of furan rings is 1. The van der Waals surface area contributed by atoms with Gasteiger partial charge in [0, 0.05) is 53.8 Å². The minimum Gasteiger partial charge on any atom is -0.550 e. The van der Waals surface area contributed by atoms with Crippen LogP contribution in [-0.2, 0) is 16.0 Å². The predicted octanol–water partition coefficient (Wildman–Crippen LogP) is 2.39. The summed E-state index contributed by atoms with van der Waals surface area (Å²) in [6, 6.07) is 3.72. The second-order valence-corrected chi connectivity index (χ2v) is 8.09. The lowest BCUT2D eigenvalue weighted by Gasteiger charge is -2.32. The van der Waals surface area contributed by atoms with Crippen LogP contribution in [0.4, 0.5) is 0 Å². The molecule has 1 aliphatic rings. The molecule has 1 fully saturated rings. The van der Waals surface area contributed by atoms with Gasteiger partial charge in [0.25, 0.3) is 0 Å². The summed E-state index contributed by atoms with van der Waals surface area (Å²) < 4.78 is 11.3. The molecule has 0 spiro atoms. The van der Waals surface area contributed by atoms with E-state index in [1.54, 1.807) is 11.0 Å². The third-order valence-corrected chi connectivity index (χ3v) is 6.35. The summed E-state index contributed by atoms with van der Waals surface area (Å²) in [4.78, 5) is 37.8. The van der Waals surface area contributed by atoms with Crippen molar-refractivity contribution in [2.24, 2.45) is 5.92 Å². The monoisotopic (exact) mass is 410 g/mol. The number of benzene rings is 1. The summed E-state index contributed by atoms with van der Waals surface area (Å²) in [5.74, 6) is -0.796. The molecule has 0 saturated carbocycles. The third kappa shape index (κ3) is 3.49. The Bertz CT molecular complexity index is 1210. The normalized spacial score (nSPS) is 15.2. The van der Waals surface area contributed by atoms with Crippen molar-refractivity contribution in [1.29, 1.82) is 0 Å². The van der Waals surface area contributed by atoms with E-state index in [2.05, 4.69) is 0 Å². The van der Waals surface area contributed by atoms with E-state index < -0.39 is 17.5 Å². The highest BCUT2D eigenvalue weighted by atomic mass is 16.4. The van der Waals surface area contributed by atoms with Crippen molar-refractivity contribution in [3.8, 4) is 0 Å². The summed E-state index contributed by atoms with van der Waals surface area (Å²) in [7, 11) is 0. The van der Waals surface area contributed by atoms with E-state index in [0.29, 0.717) is 42.7 Å². The molecule has 0 N–H and O–H groups in total. The van der Waals surface area contributed by atoms with Gasteiger partial charge in [-0.15, -0.1) is 0 Å². The average Bonchev–Trinajstić information content (AvgIpc) is 2.99. The quantitative estimate of drug-likeness (QED) is 0.612. The molecule has 1 aromatic carbocycles. The topological polar surface area (TPSA) is 104 Å². The number of aryl methyl sites for hydroxylation is 3. The Morgan fingerprint density at radius 2 is 1.67 bits per heavy atom. The number of amides is 1. The van der Waals surface area contributed by atoms with Crippen molar-refractivity contribution in [2.75, 3.05) is 13.1 Å². The van der Waals surface area contributed by atoms with Crippen LogP contribution in [0.15, 0.2) is 25.8 Å². The van der Waals surface area contributed by atoms with Crippen LogP contribution in [0, 0.1) is 26.7 Å². The van der Waals surface area contributed by atoms with Crippen LogP contribution in [0.3, 0.4) is 0 Å². The SMILES string of the molecule is Cc1oc2cc3oc(=O)c(CCC(=O)N4CCC(C(=O)[O-])CC4)c(C)c3cc2c1C. The Labute approximate surface area is 173 Å². The van der Waals surface area contributed by atoms with Crippen molar-refractivity contribution >= 4 is 33.8 Å². The molecular weight excluding hydrogens is 386 g/mol. The fraction of sp³-hybridized carbons (Fsp3) is 0.435. The molecule has 2 aromatic heterocycles. The van der Waals surface area contributed by atoms with Crippen LogP contribution < -0.4 is 10.7 Å². The maximum Gasteiger partial charge on any atom is 0.339 e. The Morgan fingerprint density at radius 1 is 1.03 bits per heavy atom. The van der Waals surface area contributed by atoms with Gasteiger partial charge >= 0.3 is 5.63 Å². The van der Waals surface area contributed by atoms with E-state index in [9.17, 15) is 19.5 Å². The van der Waals surface area contributed by atoms with Crippen molar-refractivity contribution in [3.05, 3.63) is 45.0 Å².